The van der Waals surface area contributed by atoms with Gasteiger partial charge in [-0.25, -0.2) is 0 Å². The number of carbonyl (C=O) groups is 2. The molecule has 4 nitrogen and oxygen atoms in total. The summed E-state index contributed by atoms with van der Waals surface area (Å²) in [5, 5.41) is 11.6. The molecule has 86 valence electrons. The monoisotopic (exact) mass is 241 g/mol. The van der Waals surface area contributed by atoms with Crippen LogP contribution in [0.4, 0.5) is 0 Å². The van der Waals surface area contributed by atoms with Crippen LogP contribution in [0.2, 0.25) is 5.02 Å². The van der Waals surface area contributed by atoms with Gasteiger partial charge in [-0.2, -0.15) is 0 Å². The van der Waals surface area contributed by atoms with Gasteiger partial charge in [-0.1, -0.05) is 11.6 Å². The van der Waals surface area contributed by atoms with Crippen LogP contribution < -0.4 is 5.32 Å². The zero-order valence-corrected chi connectivity index (χ0v) is 9.71. The summed E-state index contributed by atoms with van der Waals surface area (Å²) < 4.78 is 0. The van der Waals surface area contributed by atoms with Crippen molar-refractivity contribution < 1.29 is 14.7 Å². The highest BCUT2D eigenvalue weighted by Crippen LogP contribution is 2.16. The minimum Gasteiger partial charge on any atom is -0.480 e. The number of hydrogen-bond acceptors (Lipinski definition) is 2. The first-order valence-corrected chi connectivity index (χ1v) is 5.09. The summed E-state index contributed by atoms with van der Waals surface area (Å²) in [4.78, 5) is 22.2. The highest BCUT2D eigenvalue weighted by molar-refractivity contribution is 6.31. The van der Waals surface area contributed by atoms with Gasteiger partial charge >= 0.3 is 5.97 Å². The second-order valence-corrected chi connectivity index (χ2v) is 3.90. The van der Waals surface area contributed by atoms with Crippen molar-refractivity contribution in [3.8, 4) is 0 Å². The largest absolute Gasteiger partial charge is 0.480 e. The number of aryl methyl sites for hydroxylation is 1. The minimum atomic E-state index is -1.07. The van der Waals surface area contributed by atoms with E-state index in [1.807, 2.05) is 0 Å². The van der Waals surface area contributed by atoms with Crippen molar-refractivity contribution in [1.29, 1.82) is 0 Å². The fourth-order valence-electron chi connectivity index (χ4n) is 1.13. The average molecular weight is 242 g/mol. The standard InChI is InChI=1S/C11H12ClNO3/c1-6-5-8(3-4-9(6)12)10(14)13-7(2)11(15)16/h3-5,7H,1-2H3,(H,13,14)(H,15,16)/t7-/m1/s1. The smallest absolute Gasteiger partial charge is 0.325 e. The molecule has 0 heterocycles. The Labute approximate surface area is 98.2 Å². The molecule has 0 saturated carbocycles. The Balaban J connectivity index is 2.81. The lowest BCUT2D eigenvalue weighted by molar-refractivity contribution is -0.138. The number of carboxylic acids is 1. The Kier molecular flexibility index (Phi) is 3.90. The van der Waals surface area contributed by atoms with Crippen LogP contribution in [-0.2, 0) is 4.79 Å². The summed E-state index contributed by atoms with van der Waals surface area (Å²) in [5.41, 5.74) is 1.17. The minimum absolute atomic E-state index is 0.398. The number of carboxylic acid groups (broad SMARTS) is 1. The van der Waals surface area contributed by atoms with Gasteiger partial charge in [0.1, 0.15) is 6.04 Å². The zero-order valence-electron chi connectivity index (χ0n) is 8.95. The third kappa shape index (κ3) is 2.97. The van der Waals surface area contributed by atoms with E-state index in [4.69, 9.17) is 16.7 Å². The van der Waals surface area contributed by atoms with Crippen molar-refractivity contribution in [1.82, 2.24) is 5.32 Å². The summed E-state index contributed by atoms with van der Waals surface area (Å²) in [6.07, 6.45) is 0. The topological polar surface area (TPSA) is 66.4 Å². The van der Waals surface area contributed by atoms with Crippen molar-refractivity contribution >= 4 is 23.5 Å². The number of carbonyl (C=O) groups excluding carboxylic acids is 1. The molecule has 5 heteroatoms. The second-order valence-electron chi connectivity index (χ2n) is 3.50. The molecular weight excluding hydrogens is 230 g/mol. The number of halogens is 1. The Morgan fingerprint density at radius 2 is 2.06 bits per heavy atom. The summed E-state index contributed by atoms with van der Waals surface area (Å²) >= 11 is 5.82. The van der Waals surface area contributed by atoms with E-state index in [1.54, 1.807) is 25.1 Å². The summed E-state index contributed by atoms with van der Waals surface area (Å²) in [6, 6.07) is 3.87. The van der Waals surface area contributed by atoms with E-state index in [0.29, 0.717) is 10.6 Å². The van der Waals surface area contributed by atoms with Crippen molar-refractivity contribution in [2.75, 3.05) is 0 Å². The lowest BCUT2D eigenvalue weighted by Gasteiger charge is -2.09. The highest BCUT2D eigenvalue weighted by Gasteiger charge is 2.15. The third-order valence-electron chi connectivity index (χ3n) is 2.14. The molecule has 0 aliphatic rings. The van der Waals surface area contributed by atoms with E-state index < -0.39 is 17.9 Å². The van der Waals surface area contributed by atoms with Crippen LogP contribution in [0.15, 0.2) is 18.2 Å². The number of benzene rings is 1. The zero-order chi connectivity index (χ0) is 12.3. The summed E-state index contributed by atoms with van der Waals surface area (Å²) in [5.74, 6) is -1.49. The van der Waals surface area contributed by atoms with Crippen LogP contribution in [0, 0.1) is 6.92 Å². The molecule has 0 unspecified atom stereocenters. The lowest BCUT2D eigenvalue weighted by Crippen LogP contribution is -2.38. The van der Waals surface area contributed by atoms with Gasteiger partial charge in [0.2, 0.25) is 0 Å². The summed E-state index contributed by atoms with van der Waals surface area (Å²) in [7, 11) is 0. The molecule has 0 aromatic heterocycles. The Bertz CT molecular complexity index is 431. The van der Waals surface area contributed by atoms with Gasteiger partial charge in [-0.15, -0.1) is 0 Å². The first-order valence-electron chi connectivity index (χ1n) is 4.71. The fourth-order valence-corrected chi connectivity index (χ4v) is 1.25. The molecule has 0 spiro atoms. The number of amides is 1. The highest BCUT2D eigenvalue weighted by atomic mass is 35.5. The first kappa shape index (κ1) is 12.5. The molecule has 2 N–H and O–H groups in total. The van der Waals surface area contributed by atoms with Crippen LogP contribution in [-0.4, -0.2) is 23.0 Å². The van der Waals surface area contributed by atoms with Gasteiger partial charge in [0.15, 0.2) is 0 Å². The van der Waals surface area contributed by atoms with Crippen LogP contribution in [0.5, 0.6) is 0 Å². The number of aliphatic carboxylic acids is 1. The van der Waals surface area contributed by atoms with Gasteiger partial charge in [0.05, 0.1) is 0 Å². The first-order chi connectivity index (χ1) is 7.41. The predicted molar refractivity (Wildman–Crippen MR) is 60.8 cm³/mol. The molecule has 1 rings (SSSR count). The van der Waals surface area contributed by atoms with Crippen LogP contribution in [0.3, 0.4) is 0 Å². The molecule has 0 bridgehead atoms. The van der Waals surface area contributed by atoms with E-state index in [2.05, 4.69) is 5.32 Å². The molecule has 0 aliphatic carbocycles. The normalized spacial score (nSPS) is 11.9. The molecule has 1 aromatic carbocycles. The molecule has 1 amide bonds. The van der Waals surface area contributed by atoms with Crippen molar-refractivity contribution in [3.63, 3.8) is 0 Å². The van der Waals surface area contributed by atoms with Crippen molar-refractivity contribution in [2.45, 2.75) is 19.9 Å². The molecule has 0 radical (unpaired) electrons. The summed E-state index contributed by atoms with van der Waals surface area (Å²) in [6.45, 7) is 3.18. The van der Waals surface area contributed by atoms with Crippen LogP contribution in [0.25, 0.3) is 0 Å². The number of rotatable bonds is 3. The predicted octanol–water partition coefficient (Wildman–Crippen LogP) is 1.85. The van der Waals surface area contributed by atoms with Gasteiger partial charge in [0, 0.05) is 10.6 Å². The molecule has 16 heavy (non-hydrogen) atoms. The average Bonchev–Trinajstić information content (AvgIpc) is 2.21. The molecule has 0 saturated heterocycles. The number of hydrogen-bond donors (Lipinski definition) is 2. The van der Waals surface area contributed by atoms with Gasteiger partial charge in [-0.3, -0.25) is 9.59 Å². The van der Waals surface area contributed by atoms with E-state index in [9.17, 15) is 9.59 Å². The second kappa shape index (κ2) is 4.99. The Morgan fingerprint density at radius 3 is 2.56 bits per heavy atom. The number of nitrogens with one attached hydrogen (secondary N) is 1. The van der Waals surface area contributed by atoms with E-state index in [0.717, 1.165) is 5.56 Å². The molecule has 1 atom stereocenters. The van der Waals surface area contributed by atoms with Crippen LogP contribution >= 0.6 is 11.6 Å². The van der Waals surface area contributed by atoms with E-state index in [-0.39, 0.29) is 0 Å². The maximum absolute atomic E-state index is 11.6. The van der Waals surface area contributed by atoms with Gasteiger partial charge < -0.3 is 10.4 Å². The molecular formula is C11H12ClNO3. The molecule has 0 aliphatic heterocycles. The lowest BCUT2D eigenvalue weighted by atomic mass is 10.1. The van der Waals surface area contributed by atoms with Crippen molar-refractivity contribution in [3.05, 3.63) is 34.3 Å². The van der Waals surface area contributed by atoms with Crippen molar-refractivity contribution in [2.24, 2.45) is 0 Å². The van der Waals surface area contributed by atoms with E-state index >= 15 is 0 Å². The third-order valence-corrected chi connectivity index (χ3v) is 2.56. The SMILES string of the molecule is Cc1cc(C(=O)N[C@H](C)C(=O)O)ccc1Cl. The van der Waals surface area contributed by atoms with Gasteiger partial charge in [0.25, 0.3) is 5.91 Å². The maximum Gasteiger partial charge on any atom is 0.325 e. The van der Waals surface area contributed by atoms with Crippen LogP contribution in [0.1, 0.15) is 22.8 Å². The quantitative estimate of drug-likeness (QED) is 0.849. The molecule has 0 fully saturated rings. The Morgan fingerprint density at radius 1 is 1.44 bits per heavy atom. The van der Waals surface area contributed by atoms with Gasteiger partial charge in [-0.05, 0) is 37.6 Å². The van der Waals surface area contributed by atoms with E-state index in [1.165, 1.54) is 6.92 Å². The maximum atomic E-state index is 11.6. The fraction of sp³-hybridized carbons (Fsp3) is 0.273. The Hall–Kier alpha value is -1.55. The molecule has 1 aromatic rings.